The Morgan fingerprint density at radius 2 is 1.65 bits per heavy atom. The second-order valence-corrected chi connectivity index (χ2v) is 4.50. The molecule has 2 N–H and O–H groups in total. The van der Waals surface area contributed by atoms with Crippen LogP contribution in [0, 0.1) is 0 Å². The lowest BCUT2D eigenvalue weighted by Crippen LogP contribution is -2.03. The quantitative estimate of drug-likeness (QED) is 0.725. The highest BCUT2D eigenvalue weighted by Gasteiger charge is 2.13. The van der Waals surface area contributed by atoms with Gasteiger partial charge in [-0.3, -0.25) is 0 Å². The molecule has 0 atom stereocenters. The number of ether oxygens (including phenoxy) is 3. The SMILES string of the molecule is C=CCNc1cc(Nc2cc(OC)c(OC)c(OC)c2)ncn1. The van der Waals surface area contributed by atoms with Crippen LogP contribution in [0.2, 0.25) is 0 Å². The van der Waals surface area contributed by atoms with E-state index < -0.39 is 0 Å². The predicted molar refractivity (Wildman–Crippen MR) is 90.1 cm³/mol. The van der Waals surface area contributed by atoms with Crippen molar-refractivity contribution in [1.29, 1.82) is 0 Å². The second kappa shape index (κ2) is 7.88. The van der Waals surface area contributed by atoms with Crippen molar-refractivity contribution in [1.82, 2.24) is 9.97 Å². The van der Waals surface area contributed by atoms with Crippen LogP contribution >= 0.6 is 0 Å². The first-order valence-corrected chi connectivity index (χ1v) is 6.95. The summed E-state index contributed by atoms with van der Waals surface area (Å²) in [7, 11) is 4.71. The first kappa shape index (κ1) is 16.4. The normalized spacial score (nSPS) is 9.87. The summed E-state index contributed by atoms with van der Waals surface area (Å²) in [6.45, 7) is 4.28. The monoisotopic (exact) mass is 316 g/mol. The molecule has 2 rings (SSSR count). The number of rotatable bonds is 8. The molecule has 0 radical (unpaired) electrons. The molecule has 23 heavy (non-hydrogen) atoms. The third kappa shape index (κ3) is 4.03. The Bertz CT molecular complexity index is 651. The highest BCUT2D eigenvalue weighted by molar-refractivity contribution is 5.67. The van der Waals surface area contributed by atoms with Gasteiger partial charge in [-0.1, -0.05) is 6.08 Å². The number of hydrogen-bond acceptors (Lipinski definition) is 7. The average Bonchev–Trinajstić information content (AvgIpc) is 2.59. The first-order valence-electron chi connectivity index (χ1n) is 6.95. The van der Waals surface area contributed by atoms with Crippen LogP contribution in [-0.2, 0) is 0 Å². The van der Waals surface area contributed by atoms with Gasteiger partial charge in [0.05, 0.1) is 21.3 Å². The summed E-state index contributed by atoms with van der Waals surface area (Å²) in [5.41, 5.74) is 0.757. The molecular formula is C16H20N4O3. The second-order valence-electron chi connectivity index (χ2n) is 4.50. The Hall–Kier alpha value is -2.96. The van der Waals surface area contributed by atoms with Crippen molar-refractivity contribution in [3.63, 3.8) is 0 Å². The predicted octanol–water partition coefficient (Wildman–Crippen LogP) is 2.84. The third-order valence-corrected chi connectivity index (χ3v) is 3.03. The van der Waals surface area contributed by atoms with Crippen molar-refractivity contribution in [2.24, 2.45) is 0 Å². The lowest BCUT2D eigenvalue weighted by Gasteiger charge is -2.15. The van der Waals surface area contributed by atoms with E-state index in [2.05, 4.69) is 27.2 Å². The molecule has 1 heterocycles. The number of nitrogens with zero attached hydrogens (tertiary/aromatic N) is 2. The van der Waals surface area contributed by atoms with Crippen LogP contribution in [0.1, 0.15) is 0 Å². The summed E-state index contributed by atoms with van der Waals surface area (Å²) in [6.07, 6.45) is 3.24. The van der Waals surface area contributed by atoms with Gasteiger partial charge in [0.1, 0.15) is 18.0 Å². The van der Waals surface area contributed by atoms with Gasteiger partial charge in [-0.25, -0.2) is 9.97 Å². The van der Waals surface area contributed by atoms with Gasteiger partial charge in [-0.15, -0.1) is 6.58 Å². The van der Waals surface area contributed by atoms with E-state index in [-0.39, 0.29) is 0 Å². The van der Waals surface area contributed by atoms with Crippen LogP contribution in [0.25, 0.3) is 0 Å². The number of aromatic nitrogens is 2. The number of methoxy groups -OCH3 is 3. The van der Waals surface area contributed by atoms with Crippen LogP contribution in [0.15, 0.2) is 37.2 Å². The molecule has 0 aliphatic carbocycles. The zero-order valence-electron chi connectivity index (χ0n) is 13.4. The molecule has 0 aliphatic rings. The van der Waals surface area contributed by atoms with Crippen molar-refractivity contribution in [2.45, 2.75) is 0 Å². The standard InChI is InChI=1S/C16H20N4O3/c1-5-6-17-14-9-15(19-10-18-14)20-11-7-12(21-2)16(23-4)13(8-11)22-3/h5,7-10H,1,6H2,2-4H3,(H2,17,18,19,20). The van der Waals surface area contributed by atoms with Gasteiger partial charge in [-0.2, -0.15) is 0 Å². The van der Waals surface area contributed by atoms with Gasteiger partial charge in [-0.05, 0) is 0 Å². The Balaban J connectivity index is 2.27. The van der Waals surface area contributed by atoms with Crippen molar-refractivity contribution in [3.8, 4) is 17.2 Å². The highest BCUT2D eigenvalue weighted by atomic mass is 16.5. The van der Waals surface area contributed by atoms with Crippen LogP contribution in [0.3, 0.4) is 0 Å². The van der Waals surface area contributed by atoms with E-state index in [9.17, 15) is 0 Å². The molecule has 0 amide bonds. The van der Waals surface area contributed by atoms with Gasteiger partial charge in [0.2, 0.25) is 5.75 Å². The van der Waals surface area contributed by atoms with Gasteiger partial charge in [0.25, 0.3) is 0 Å². The van der Waals surface area contributed by atoms with Crippen LogP contribution < -0.4 is 24.8 Å². The average molecular weight is 316 g/mol. The molecule has 0 aliphatic heterocycles. The summed E-state index contributed by atoms with van der Waals surface area (Å²) in [5, 5.41) is 6.29. The van der Waals surface area contributed by atoms with Gasteiger partial charge in [0, 0.05) is 30.4 Å². The molecule has 0 saturated carbocycles. The molecule has 0 fully saturated rings. The van der Waals surface area contributed by atoms with Crippen molar-refractivity contribution in [2.75, 3.05) is 38.5 Å². The van der Waals surface area contributed by atoms with Gasteiger partial charge < -0.3 is 24.8 Å². The molecule has 0 bridgehead atoms. The van der Waals surface area contributed by atoms with Crippen LogP contribution in [0.5, 0.6) is 17.2 Å². The molecule has 7 heteroatoms. The summed E-state index contributed by atoms with van der Waals surface area (Å²) in [6, 6.07) is 5.41. The van der Waals surface area contributed by atoms with E-state index in [1.54, 1.807) is 45.6 Å². The van der Waals surface area contributed by atoms with Crippen molar-refractivity contribution < 1.29 is 14.2 Å². The van der Waals surface area contributed by atoms with Gasteiger partial charge >= 0.3 is 0 Å². The van der Waals surface area contributed by atoms with Crippen molar-refractivity contribution >= 4 is 17.3 Å². The van der Waals surface area contributed by atoms with E-state index in [1.807, 2.05) is 0 Å². The minimum absolute atomic E-state index is 0.538. The fourth-order valence-electron chi connectivity index (χ4n) is 2.00. The summed E-state index contributed by atoms with van der Waals surface area (Å²) in [4.78, 5) is 8.33. The molecule has 0 saturated heterocycles. The summed E-state index contributed by atoms with van der Waals surface area (Å²) in [5.74, 6) is 3.01. The minimum atomic E-state index is 0.538. The molecular weight excluding hydrogens is 296 g/mol. The fraction of sp³-hybridized carbons (Fsp3) is 0.250. The zero-order chi connectivity index (χ0) is 16.7. The van der Waals surface area contributed by atoms with E-state index in [0.717, 1.165) is 5.69 Å². The number of benzene rings is 1. The maximum atomic E-state index is 5.33. The van der Waals surface area contributed by atoms with E-state index in [4.69, 9.17) is 14.2 Å². The van der Waals surface area contributed by atoms with Gasteiger partial charge in [0.15, 0.2) is 11.5 Å². The van der Waals surface area contributed by atoms with E-state index in [1.165, 1.54) is 6.33 Å². The van der Waals surface area contributed by atoms with E-state index >= 15 is 0 Å². The number of nitrogens with one attached hydrogen (secondary N) is 2. The molecule has 0 unspecified atom stereocenters. The lowest BCUT2D eigenvalue weighted by atomic mass is 10.2. The maximum Gasteiger partial charge on any atom is 0.203 e. The molecule has 1 aromatic heterocycles. The third-order valence-electron chi connectivity index (χ3n) is 3.03. The van der Waals surface area contributed by atoms with Crippen molar-refractivity contribution in [3.05, 3.63) is 37.2 Å². The molecule has 1 aromatic carbocycles. The maximum absolute atomic E-state index is 5.33. The number of hydrogen-bond donors (Lipinski definition) is 2. The zero-order valence-corrected chi connectivity index (χ0v) is 13.4. The molecule has 0 spiro atoms. The van der Waals surface area contributed by atoms with Crippen LogP contribution in [-0.4, -0.2) is 37.8 Å². The highest BCUT2D eigenvalue weighted by Crippen LogP contribution is 2.40. The Kier molecular flexibility index (Phi) is 5.62. The number of anilines is 3. The fourth-order valence-corrected chi connectivity index (χ4v) is 2.00. The lowest BCUT2D eigenvalue weighted by molar-refractivity contribution is 0.324. The summed E-state index contributed by atoms with van der Waals surface area (Å²) < 4.78 is 16.0. The molecule has 122 valence electrons. The smallest absolute Gasteiger partial charge is 0.203 e. The Morgan fingerprint density at radius 1 is 1.00 bits per heavy atom. The Morgan fingerprint density at radius 3 is 2.22 bits per heavy atom. The first-order chi connectivity index (χ1) is 11.2. The van der Waals surface area contributed by atoms with Crippen LogP contribution in [0.4, 0.5) is 17.3 Å². The Labute approximate surface area is 135 Å². The van der Waals surface area contributed by atoms with E-state index in [0.29, 0.717) is 35.4 Å². The molecule has 7 nitrogen and oxygen atoms in total. The summed E-state index contributed by atoms with van der Waals surface area (Å²) >= 11 is 0. The minimum Gasteiger partial charge on any atom is -0.493 e. The topological polar surface area (TPSA) is 77.5 Å². The molecule has 2 aromatic rings. The largest absolute Gasteiger partial charge is 0.493 e.